The molecule has 11 heteroatoms. The number of rotatable bonds is 12. The van der Waals surface area contributed by atoms with Gasteiger partial charge in [-0.25, -0.2) is 0 Å². The number of nitrogens with one attached hydrogen (secondary N) is 2. The van der Waals surface area contributed by atoms with Gasteiger partial charge >= 0.3 is 7.40 Å². The van der Waals surface area contributed by atoms with Gasteiger partial charge in [-0.3, -0.25) is 23.2 Å². The molecular weight excluding hydrogens is 551 g/mol. The number of carbonyl (C=O) groups excluding carboxylic acids is 2. The molecule has 0 saturated carbocycles. The minimum absolute atomic E-state index is 0.0358. The summed E-state index contributed by atoms with van der Waals surface area (Å²) in [4.78, 5) is 30.1. The van der Waals surface area contributed by atoms with Crippen LogP contribution < -0.4 is 10.6 Å². The second-order valence-electron chi connectivity index (χ2n) is 13.6. The van der Waals surface area contributed by atoms with Crippen LogP contribution in [-0.2, 0) is 9.59 Å². The number of halogens is 2. The van der Waals surface area contributed by atoms with Crippen LogP contribution in [0.25, 0.3) is 6.08 Å². The first-order valence-corrected chi connectivity index (χ1v) is 15.2. The summed E-state index contributed by atoms with van der Waals surface area (Å²) in [5, 5.41) is 18.1. The van der Waals surface area contributed by atoms with Gasteiger partial charge in [0.2, 0.25) is 11.8 Å². The predicted molar refractivity (Wildman–Crippen MR) is 169 cm³/mol. The highest BCUT2D eigenvalue weighted by Gasteiger charge is 2.45. The maximum absolute atomic E-state index is 13.5. The van der Waals surface area contributed by atoms with Crippen molar-refractivity contribution >= 4 is 31.0 Å². The van der Waals surface area contributed by atoms with Gasteiger partial charge in [-0.1, -0.05) is 26.0 Å². The van der Waals surface area contributed by atoms with Crippen molar-refractivity contribution < 1.29 is 23.4 Å². The first-order chi connectivity index (χ1) is 20.0. The molecule has 0 bridgehead atoms. The third kappa shape index (κ3) is 9.47. The van der Waals surface area contributed by atoms with Crippen molar-refractivity contribution in [1.82, 2.24) is 20.2 Å². The normalized spacial score (nSPS) is 20.2. The van der Waals surface area contributed by atoms with E-state index in [1.54, 1.807) is 38.1 Å². The zero-order valence-corrected chi connectivity index (χ0v) is 26.9. The van der Waals surface area contributed by atoms with Crippen molar-refractivity contribution in [2.75, 3.05) is 0 Å². The number of piperidine rings is 1. The Hall–Kier alpha value is -3.05. The lowest BCUT2D eigenvalue weighted by atomic mass is 9.79. The third-order valence-corrected chi connectivity index (χ3v) is 8.02. The number of amides is 2. The van der Waals surface area contributed by atoms with Gasteiger partial charge in [-0.2, -0.15) is 5.06 Å². The summed E-state index contributed by atoms with van der Waals surface area (Å²) < 4.78 is 28.0. The highest BCUT2D eigenvalue weighted by atomic mass is 19.2. The Labute approximate surface area is 255 Å². The van der Waals surface area contributed by atoms with Crippen LogP contribution in [0.15, 0.2) is 41.1 Å². The standard InChI is InChI=1S/C32H48BF2N5O3/c1-21(2)16-25(10-9-11-29(41)38-27-19-31(5,6)40(43)32(7,8)20-27)37-30(42)15-14-24-12-13-26(36-24)18-28-22(3)17-23(4)39(28)33(34)35/h9-10,12-13,17-18,21,25,27,43H,11,14-16,19-20H2,1-8H3,(H,37,42)(H,38,41)/b10-9+,26-18-/t25-/m1/s1. The molecule has 0 aromatic carbocycles. The van der Waals surface area contributed by atoms with Crippen LogP contribution in [0.3, 0.4) is 0 Å². The van der Waals surface area contributed by atoms with Crippen molar-refractivity contribution in [2.24, 2.45) is 10.9 Å². The average Bonchev–Trinajstić information content (AvgIpc) is 3.43. The fraction of sp³-hybridized carbons (Fsp3) is 0.594. The molecule has 0 unspecified atom stereocenters. The van der Waals surface area contributed by atoms with Crippen LogP contribution in [0.1, 0.15) is 97.0 Å². The Kier molecular flexibility index (Phi) is 11.3. The number of allylic oxidation sites excluding steroid dienone is 2. The van der Waals surface area contributed by atoms with Crippen molar-refractivity contribution in [2.45, 2.75) is 117 Å². The lowest BCUT2D eigenvalue weighted by Crippen LogP contribution is -2.62. The molecule has 1 fully saturated rings. The molecule has 43 heavy (non-hydrogen) atoms. The van der Waals surface area contributed by atoms with Gasteiger partial charge in [-0.05, 0) is 103 Å². The van der Waals surface area contributed by atoms with Crippen LogP contribution >= 0.6 is 0 Å². The highest BCUT2D eigenvalue weighted by Crippen LogP contribution is 2.36. The molecule has 1 saturated heterocycles. The molecule has 0 aliphatic carbocycles. The van der Waals surface area contributed by atoms with Crippen LogP contribution in [-0.4, -0.2) is 62.8 Å². The number of aryl methyl sites for hydroxylation is 2. The molecule has 1 atom stereocenters. The first-order valence-electron chi connectivity index (χ1n) is 15.2. The number of nitrogens with zero attached hydrogens (tertiary/aromatic N) is 3. The third-order valence-electron chi connectivity index (χ3n) is 8.02. The molecule has 8 nitrogen and oxygen atoms in total. The van der Waals surface area contributed by atoms with Gasteiger partial charge in [0, 0.05) is 53.1 Å². The first kappa shape index (κ1) is 34.4. The molecule has 3 N–H and O–H groups in total. The Morgan fingerprint density at radius 2 is 1.79 bits per heavy atom. The number of aliphatic imine (C=N–C) groups is 1. The molecule has 0 spiro atoms. The highest BCUT2D eigenvalue weighted by molar-refractivity contribution is 6.41. The quantitative estimate of drug-likeness (QED) is 0.202. The topological polar surface area (TPSA) is 99.0 Å². The molecule has 0 radical (unpaired) electrons. The zero-order chi connectivity index (χ0) is 32.1. The Balaban J connectivity index is 1.52. The lowest BCUT2D eigenvalue weighted by molar-refractivity contribution is -0.246. The van der Waals surface area contributed by atoms with Gasteiger partial charge < -0.3 is 20.3 Å². The SMILES string of the molecule is Cc1cc(C)n(B(F)F)c1/C=C1/C=CC(CCC(=O)N[C@H](/C=C/CC(=O)NC2CC(C)(C)N(O)C(C)(C)C2)CC(C)C)=N1. The van der Waals surface area contributed by atoms with Crippen LogP contribution in [0.4, 0.5) is 8.63 Å². The Morgan fingerprint density at radius 1 is 1.14 bits per heavy atom. The summed E-state index contributed by atoms with van der Waals surface area (Å²) in [6, 6.07) is 1.48. The number of hydrogen-bond donors (Lipinski definition) is 3. The summed E-state index contributed by atoms with van der Waals surface area (Å²) >= 11 is 0. The van der Waals surface area contributed by atoms with E-state index in [9.17, 15) is 23.4 Å². The molecule has 3 rings (SSSR count). The van der Waals surface area contributed by atoms with E-state index in [4.69, 9.17) is 0 Å². The summed E-state index contributed by atoms with van der Waals surface area (Å²) in [6.07, 6.45) is 11.8. The van der Waals surface area contributed by atoms with Gasteiger partial charge in [0.05, 0.1) is 5.70 Å². The zero-order valence-electron chi connectivity index (χ0n) is 26.9. The van der Waals surface area contributed by atoms with Crippen LogP contribution in [0.2, 0.25) is 0 Å². The molecule has 3 heterocycles. The van der Waals surface area contributed by atoms with E-state index >= 15 is 0 Å². The number of hydroxylamine groups is 2. The van der Waals surface area contributed by atoms with Crippen LogP contribution in [0, 0.1) is 19.8 Å². The number of carbonyl (C=O) groups is 2. The van der Waals surface area contributed by atoms with Gasteiger partial charge in [0.25, 0.3) is 0 Å². The van der Waals surface area contributed by atoms with Crippen molar-refractivity contribution in [3.63, 3.8) is 0 Å². The summed E-state index contributed by atoms with van der Waals surface area (Å²) in [7, 11) is -2.63. The van der Waals surface area contributed by atoms with E-state index in [-0.39, 0.29) is 36.7 Å². The van der Waals surface area contributed by atoms with E-state index < -0.39 is 18.5 Å². The summed E-state index contributed by atoms with van der Waals surface area (Å²) in [5.74, 6) is 0.132. The molecule has 2 aliphatic rings. The Morgan fingerprint density at radius 3 is 2.40 bits per heavy atom. The fourth-order valence-corrected chi connectivity index (χ4v) is 6.27. The van der Waals surface area contributed by atoms with Crippen molar-refractivity contribution in [3.8, 4) is 0 Å². The van der Waals surface area contributed by atoms with Crippen molar-refractivity contribution in [3.05, 3.63) is 53.0 Å². The second kappa shape index (κ2) is 14.2. The van der Waals surface area contributed by atoms with Gasteiger partial charge in [-0.15, -0.1) is 0 Å². The largest absolute Gasteiger partial charge is 0.677 e. The summed E-state index contributed by atoms with van der Waals surface area (Å²) in [6.45, 7) is 15.5. The van der Waals surface area contributed by atoms with Crippen molar-refractivity contribution in [1.29, 1.82) is 0 Å². The van der Waals surface area contributed by atoms with Gasteiger partial charge in [0.15, 0.2) is 0 Å². The predicted octanol–water partition coefficient (Wildman–Crippen LogP) is 6.01. The lowest BCUT2D eigenvalue weighted by Gasteiger charge is -2.51. The average molecular weight is 600 g/mol. The smallest absolute Gasteiger partial charge is 0.353 e. The number of aromatic nitrogens is 1. The van der Waals surface area contributed by atoms with E-state index in [1.165, 1.54) is 5.06 Å². The summed E-state index contributed by atoms with van der Waals surface area (Å²) in [5.41, 5.74) is 2.07. The Bertz CT molecular complexity index is 1280. The molecule has 1 aromatic rings. The van der Waals surface area contributed by atoms with E-state index in [2.05, 4.69) is 29.5 Å². The van der Waals surface area contributed by atoms with E-state index in [0.717, 1.165) is 22.2 Å². The molecule has 2 aliphatic heterocycles. The number of hydrogen-bond acceptors (Lipinski definition) is 5. The van der Waals surface area contributed by atoms with Gasteiger partial charge in [0.1, 0.15) is 0 Å². The molecule has 236 valence electrons. The minimum atomic E-state index is -2.63. The molecular formula is C32H48BF2N5O3. The minimum Gasteiger partial charge on any atom is -0.353 e. The second-order valence-corrected chi connectivity index (χ2v) is 13.6. The van der Waals surface area contributed by atoms with E-state index in [1.807, 2.05) is 39.8 Å². The van der Waals surface area contributed by atoms with Crippen LogP contribution in [0.5, 0.6) is 0 Å². The monoisotopic (exact) mass is 599 g/mol. The van der Waals surface area contributed by atoms with E-state index in [0.29, 0.717) is 42.3 Å². The molecule has 1 aromatic heterocycles. The maximum atomic E-state index is 13.5. The fourth-order valence-electron chi connectivity index (χ4n) is 6.27. The maximum Gasteiger partial charge on any atom is 0.677 e. The molecule has 2 amide bonds.